The van der Waals surface area contributed by atoms with Crippen molar-refractivity contribution in [3.63, 3.8) is 0 Å². The first-order chi connectivity index (χ1) is 7.33. The van der Waals surface area contributed by atoms with Crippen LogP contribution in [0.25, 0.3) is 11.1 Å². The molecule has 4 heteroatoms. The third-order valence-electron chi connectivity index (χ3n) is 2.16. The molecule has 1 aromatic carbocycles. The van der Waals surface area contributed by atoms with E-state index < -0.39 is 0 Å². The van der Waals surface area contributed by atoms with Gasteiger partial charge in [-0.2, -0.15) is 0 Å². The minimum absolute atomic E-state index is 0.627. The van der Waals surface area contributed by atoms with Gasteiger partial charge in [0.2, 0.25) is 0 Å². The molecule has 0 bridgehead atoms. The summed E-state index contributed by atoms with van der Waals surface area (Å²) >= 11 is 5.61. The van der Waals surface area contributed by atoms with Crippen LogP contribution in [0.15, 0.2) is 22.6 Å². The molecule has 0 saturated heterocycles. The number of nitrogens with zero attached hydrogens (tertiary/aromatic N) is 1. The van der Waals surface area contributed by atoms with E-state index in [-0.39, 0.29) is 0 Å². The fourth-order valence-corrected chi connectivity index (χ4v) is 1.54. The van der Waals surface area contributed by atoms with Gasteiger partial charge >= 0.3 is 0 Å². The molecule has 0 saturated carbocycles. The number of hydrogen-bond donors (Lipinski definition) is 0. The normalized spacial score (nSPS) is 10.8. The lowest BCUT2D eigenvalue weighted by atomic mass is 10.3. The number of rotatable bonds is 4. The Kier molecular flexibility index (Phi) is 3.11. The first kappa shape index (κ1) is 10.3. The third-order valence-corrected chi connectivity index (χ3v) is 2.43. The van der Waals surface area contributed by atoms with Crippen molar-refractivity contribution in [3.8, 4) is 5.75 Å². The topological polar surface area (TPSA) is 35.3 Å². The molecule has 1 heterocycles. The van der Waals surface area contributed by atoms with Crippen LogP contribution >= 0.6 is 11.6 Å². The van der Waals surface area contributed by atoms with Gasteiger partial charge in [0.15, 0.2) is 11.5 Å². The molecule has 0 aliphatic rings. The Morgan fingerprint density at radius 3 is 3.07 bits per heavy atom. The molecule has 80 valence electrons. The second-order valence-corrected chi connectivity index (χ2v) is 3.61. The molecule has 2 aromatic rings. The molecule has 0 spiro atoms. The van der Waals surface area contributed by atoms with Crippen LogP contribution in [-0.4, -0.2) is 18.0 Å². The monoisotopic (exact) mass is 225 g/mol. The number of aryl methyl sites for hydroxylation is 1. The molecule has 0 aliphatic carbocycles. The van der Waals surface area contributed by atoms with E-state index in [4.69, 9.17) is 20.8 Å². The van der Waals surface area contributed by atoms with Crippen molar-refractivity contribution in [1.82, 2.24) is 4.98 Å². The predicted octanol–water partition coefficient (Wildman–Crippen LogP) is 3.01. The SMILES string of the molecule is COc1ccc2oc(CCCCl)nc2c1. The van der Waals surface area contributed by atoms with E-state index in [9.17, 15) is 0 Å². The van der Waals surface area contributed by atoms with Crippen LogP contribution in [0.4, 0.5) is 0 Å². The summed E-state index contributed by atoms with van der Waals surface area (Å²) in [7, 11) is 1.63. The van der Waals surface area contributed by atoms with E-state index >= 15 is 0 Å². The third kappa shape index (κ3) is 2.23. The summed E-state index contributed by atoms with van der Waals surface area (Å²) in [5.41, 5.74) is 1.62. The molecule has 0 radical (unpaired) electrons. The maximum Gasteiger partial charge on any atom is 0.195 e. The highest BCUT2D eigenvalue weighted by atomic mass is 35.5. The van der Waals surface area contributed by atoms with Gasteiger partial charge in [0.05, 0.1) is 7.11 Å². The molecule has 1 aromatic heterocycles. The molecule has 0 atom stereocenters. The molecule has 0 unspecified atom stereocenters. The standard InChI is InChI=1S/C11H12ClNO2/c1-14-8-4-5-10-9(7-8)13-11(15-10)3-2-6-12/h4-5,7H,2-3,6H2,1H3. The summed E-state index contributed by atoms with van der Waals surface area (Å²) in [6.45, 7) is 0. The van der Waals surface area contributed by atoms with Crippen LogP contribution in [0, 0.1) is 0 Å². The lowest BCUT2D eigenvalue weighted by Crippen LogP contribution is -1.85. The maximum atomic E-state index is 5.61. The van der Waals surface area contributed by atoms with E-state index in [1.807, 2.05) is 18.2 Å². The number of oxazole rings is 1. The smallest absolute Gasteiger partial charge is 0.195 e. The van der Waals surface area contributed by atoms with Crippen molar-refractivity contribution >= 4 is 22.7 Å². The number of methoxy groups -OCH3 is 1. The average Bonchev–Trinajstić information content (AvgIpc) is 2.67. The lowest BCUT2D eigenvalue weighted by molar-refractivity contribution is 0.415. The number of benzene rings is 1. The summed E-state index contributed by atoms with van der Waals surface area (Å²) in [5, 5.41) is 0. The molecule has 0 aliphatic heterocycles. The van der Waals surface area contributed by atoms with E-state index in [2.05, 4.69) is 4.98 Å². The number of ether oxygens (including phenoxy) is 1. The van der Waals surface area contributed by atoms with Crippen molar-refractivity contribution in [3.05, 3.63) is 24.1 Å². The van der Waals surface area contributed by atoms with E-state index in [0.29, 0.717) is 5.88 Å². The fraction of sp³-hybridized carbons (Fsp3) is 0.364. The molecule has 2 rings (SSSR count). The zero-order chi connectivity index (χ0) is 10.7. The minimum atomic E-state index is 0.627. The Morgan fingerprint density at radius 1 is 1.47 bits per heavy atom. The first-order valence-corrected chi connectivity index (χ1v) is 5.36. The zero-order valence-corrected chi connectivity index (χ0v) is 9.25. The van der Waals surface area contributed by atoms with Crippen LogP contribution in [-0.2, 0) is 6.42 Å². The highest BCUT2D eigenvalue weighted by Crippen LogP contribution is 2.21. The lowest BCUT2D eigenvalue weighted by Gasteiger charge is -1.95. The zero-order valence-electron chi connectivity index (χ0n) is 8.50. The van der Waals surface area contributed by atoms with Crippen molar-refractivity contribution in [2.24, 2.45) is 0 Å². The Bertz CT molecular complexity index is 453. The molecule has 15 heavy (non-hydrogen) atoms. The highest BCUT2D eigenvalue weighted by Gasteiger charge is 2.05. The Hall–Kier alpha value is -1.22. The van der Waals surface area contributed by atoms with Crippen LogP contribution in [0.5, 0.6) is 5.75 Å². The van der Waals surface area contributed by atoms with Gasteiger partial charge < -0.3 is 9.15 Å². The molecular weight excluding hydrogens is 214 g/mol. The van der Waals surface area contributed by atoms with Gasteiger partial charge in [0.1, 0.15) is 11.3 Å². The van der Waals surface area contributed by atoms with Crippen LogP contribution in [0.3, 0.4) is 0 Å². The molecule has 0 fully saturated rings. The minimum Gasteiger partial charge on any atom is -0.497 e. The second-order valence-electron chi connectivity index (χ2n) is 3.23. The van der Waals surface area contributed by atoms with Gasteiger partial charge in [-0.3, -0.25) is 0 Å². The van der Waals surface area contributed by atoms with Crippen LogP contribution in [0.2, 0.25) is 0 Å². The Labute approximate surface area is 93.0 Å². The molecular formula is C11H12ClNO2. The Morgan fingerprint density at radius 2 is 2.33 bits per heavy atom. The van der Waals surface area contributed by atoms with E-state index in [0.717, 1.165) is 35.6 Å². The van der Waals surface area contributed by atoms with Crippen LogP contribution in [0.1, 0.15) is 12.3 Å². The number of halogens is 1. The van der Waals surface area contributed by atoms with Crippen LogP contribution < -0.4 is 4.74 Å². The van der Waals surface area contributed by atoms with Gasteiger partial charge in [0, 0.05) is 18.4 Å². The number of alkyl halides is 1. The number of aromatic nitrogens is 1. The summed E-state index contributed by atoms with van der Waals surface area (Å²) in [6.07, 6.45) is 1.66. The summed E-state index contributed by atoms with van der Waals surface area (Å²) in [5.74, 6) is 2.15. The van der Waals surface area contributed by atoms with Gasteiger partial charge in [-0.15, -0.1) is 11.6 Å². The van der Waals surface area contributed by atoms with E-state index in [1.165, 1.54) is 0 Å². The Balaban J connectivity index is 2.29. The van der Waals surface area contributed by atoms with Gasteiger partial charge in [0.25, 0.3) is 0 Å². The maximum absolute atomic E-state index is 5.61. The van der Waals surface area contributed by atoms with Gasteiger partial charge in [-0.1, -0.05) is 0 Å². The summed E-state index contributed by atoms with van der Waals surface area (Å²) in [4.78, 5) is 4.35. The largest absolute Gasteiger partial charge is 0.497 e. The predicted molar refractivity (Wildman–Crippen MR) is 59.6 cm³/mol. The van der Waals surface area contributed by atoms with Crippen molar-refractivity contribution in [1.29, 1.82) is 0 Å². The van der Waals surface area contributed by atoms with Crippen molar-refractivity contribution < 1.29 is 9.15 Å². The fourth-order valence-electron chi connectivity index (χ4n) is 1.41. The average molecular weight is 226 g/mol. The summed E-state index contributed by atoms with van der Waals surface area (Å²) in [6, 6.07) is 5.59. The quantitative estimate of drug-likeness (QED) is 0.751. The highest BCUT2D eigenvalue weighted by molar-refractivity contribution is 6.17. The number of fused-ring (bicyclic) bond motifs is 1. The van der Waals surface area contributed by atoms with E-state index in [1.54, 1.807) is 7.11 Å². The molecule has 3 nitrogen and oxygen atoms in total. The first-order valence-electron chi connectivity index (χ1n) is 4.83. The van der Waals surface area contributed by atoms with Gasteiger partial charge in [-0.25, -0.2) is 4.98 Å². The summed E-state index contributed by atoms with van der Waals surface area (Å²) < 4.78 is 10.7. The molecule has 0 amide bonds. The van der Waals surface area contributed by atoms with Crippen molar-refractivity contribution in [2.75, 3.05) is 13.0 Å². The molecule has 0 N–H and O–H groups in total. The van der Waals surface area contributed by atoms with Gasteiger partial charge in [-0.05, 0) is 18.6 Å². The van der Waals surface area contributed by atoms with Crippen molar-refractivity contribution in [2.45, 2.75) is 12.8 Å². The number of hydrogen-bond acceptors (Lipinski definition) is 3. The second kappa shape index (κ2) is 4.53.